The lowest BCUT2D eigenvalue weighted by atomic mass is 9.85. The third-order valence-corrected chi connectivity index (χ3v) is 5.02. The molecule has 5 heteroatoms. The van der Waals surface area contributed by atoms with Crippen molar-refractivity contribution in [3.8, 4) is 0 Å². The summed E-state index contributed by atoms with van der Waals surface area (Å²) in [6.45, 7) is 1.78. The third-order valence-electron chi connectivity index (χ3n) is 5.02. The van der Waals surface area contributed by atoms with Crippen LogP contribution in [0.25, 0.3) is 0 Å². The van der Waals surface area contributed by atoms with E-state index in [2.05, 4.69) is 17.4 Å². The molecule has 1 fully saturated rings. The summed E-state index contributed by atoms with van der Waals surface area (Å²) in [5.74, 6) is -1.23. The van der Waals surface area contributed by atoms with E-state index < -0.39 is 0 Å². The molecule has 3 amide bonds. The molecule has 1 saturated heterocycles. The minimum Gasteiger partial charge on any atom is -0.352 e. The fourth-order valence-corrected chi connectivity index (χ4v) is 3.59. The van der Waals surface area contributed by atoms with Crippen LogP contribution in [0.3, 0.4) is 0 Å². The zero-order valence-corrected chi connectivity index (χ0v) is 14.5. The summed E-state index contributed by atoms with van der Waals surface area (Å²) in [4.78, 5) is 38.1. The summed E-state index contributed by atoms with van der Waals surface area (Å²) < 4.78 is 0. The van der Waals surface area contributed by atoms with Crippen LogP contribution in [0.4, 0.5) is 0 Å². The van der Waals surface area contributed by atoms with Gasteiger partial charge in [-0.2, -0.15) is 0 Å². The van der Waals surface area contributed by atoms with Gasteiger partial charge in [0.1, 0.15) is 6.54 Å². The van der Waals surface area contributed by atoms with Crippen LogP contribution in [0.15, 0.2) is 42.5 Å². The van der Waals surface area contributed by atoms with Crippen LogP contribution in [0.2, 0.25) is 0 Å². The third kappa shape index (κ3) is 3.98. The van der Waals surface area contributed by atoms with Gasteiger partial charge in [0.2, 0.25) is 17.7 Å². The smallest absolute Gasteiger partial charge is 0.240 e. The lowest BCUT2D eigenvalue weighted by Gasteiger charge is -2.18. The van der Waals surface area contributed by atoms with Gasteiger partial charge >= 0.3 is 0 Å². The molecule has 1 aliphatic heterocycles. The average molecular weight is 340 g/mol. The molecule has 0 unspecified atom stereocenters. The minimum atomic E-state index is -0.277. The zero-order valence-electron chi connectivity index (χ0n) is 14.5. The Balaban J connectivity index is 1.49. The molecular weight excluding hydrogens is 316 g/mol. The second-order valence-corrected chi connectivity index (χ2v) is 6.91. The first-order valence-electron chi connectivity index (χ1n) is 8.89. The fourth-order valence-electron chi connectivity index (χ4n) is 3.59. The van der Waals surface area contributed by atoms with Crippen LogP contribution in [0, 0.1) is 11.8 Å². The number of amides is 3. The summed E-state index contributed by atoms with van der Waals surface area (Å²) in [7, 11) is 0. The highest BCUT2D eigenvalue weighted by molar-refractivity contribution is 6.07. The van der Waals surface area contributed by atoms with Gasteiger partial charge < -0.3 is 5.32 Å². The normalized spacial score (nSPS) is 23.5. The van der Waals surface area contributed by atoms with E-state index in [1.165, 1.54) is 5.56 Å². The van der Waals surface area contributed by atoms with Gasteiger partial charge in [-0.3, -0.25) is 19.3 Å². The van der Waals surface area contributed by atoms with Crippen LogP contribution in [0.1, 0.15) is 31.7 Å². The highest BCUT2D eigenvalue weighted by atomic mass is 16.2. The molecule has 0 saturated carbocycles. The van der Waals surface area contributed by atoms with Gasteiger partial charge in [0.15, 0.2) is 0 Å². The van der Waals surface area contributed by atoms with Crippen molar-refractivity contribution in [2.45, 2.75) is 38.6 Å². The summed E-state index contributed by atoms with van der Waals surface area (Å²) in [5, 5.41) is 2.90. The summed E-state index contributed by atoms with van der Waals surface area (Å²) in [5.41, 5.74) is 1.23. The first-order valence-corrected chi connectivity index (χ1v) is 8.89. The number of imide groups is 1. The quantitative estimate of drug-likeness (QED) is 0.637. The molecular formula is C20H24N2O3. The van der Waals surface area contributed by atoms with Crippen molar-refractivity contribution in [1.82, 2.24) is 10.2 Å². The second kappa shape index (κ2) is 7.64. The van der Waals surface area contributed by atoms with Crippen molar-refractivity contribution in [1.29, 1.82) is 0 Å². The Morgan fingerprint density at radius 1 is 1.12 bits per heavy atom. The average Bonchev–Trinajstić information content (AvgIpc) is 2.86. The molecule has 1 aliphatic carbocycles. The number of allylic oxidation sites excluding steroid dienone is 2. The van der Waals surface area contributed by atoms with Crippen molar-refractivity contribution >= 4 is 17.7 Å². The summed E-state index contributed by atoms with van der Waals surface area (Å²) >= 11 is 0. The highest BCUT2D eigenvalue weighted by Gasteiger charge is 2.47. The number of hydrogen-bond donors (Lipinski definition) is 1. The SMILES string of the molecule is C[C@@H](CCc1ccccc1)NC(=O)CN1C(=O)[C@H]2CC=CC[C@H]2C1=O. The van der Waals surface area contributed by atoms with Crippen molar-refractivity contribution in [3.63, 3.8) is 0 Å². The van der Waals surface area contributed by atoms with Crippen LogP contribution >= 0.6 is 0 Å². The lowest BCUT2D eigenvalue weighted by molar-refractivity contribution is -0.143. The Morgan fingerprint density at radius 2 is 1.72 bits per heavy atom. The van der Waals surface area contributed by atoms with E-state index in [0.717, 1.165) is 17.7 Å². The maximum Gasteiger partial charge on any atom is 0.240 e. The van der Waals surface area contributed by atoms with E-state index in [4.69, 9.17) is 0 Å². The van der Waals surface area contributed by atoms with E-state index in [0.29, 0.717) is 12.8 Å². The second-order valence-electron chi connectivity index (χ2n) is 6.91. The topological polar surface area (TPSA) is 66.5 Å². The Labute approximate surface area is 148 Å². The fraction of sp³-hybridized carbons (Fsp3) is 0.450. The predicted octanol–water partition coefficient (Wildman–Crippen LogP) is 2.08. The maximum absolute atomic E-state index is 12.4. The number of fused-ring (bicyclic) bond motifs is 1. The van der Waals surface area contributed by atoms with Gasteiger partial charge in [-0.05, 0) is 38.2 Å². The number of likely N-dealkylation sites (tertiary alicyclic amines) is 1. The summed E-state index contributed by atoms with van der Waals surface area (Å²) in [6.07, 6.45) is 6.78. The molecule has 25 heavy (non-hydrogen) atoms. The lowest BCUT2D eigenvalue weighted by Crippen LogP contribution is -2.43. The number of carbonyl (C=O) groups is 3. The van der Waals surface area contributed by atoms with Gasteiger partial charge in [-0.25, -0.2) is 0 Å². The molecule has 0 radical (unpaired) electrons. The van der Waals surface area contributed by atoms with E-state index in [1.807, 2.05) is 37.3 Å². The Bertz CT molecular complexity index is 657. The molecule has 0 spiro atoms. The number of aryl methyl sites for hydroxylation is 1. The predicted molar refractivity (Wildman–Crippen MR) is 94.4 cm³/mol. The molecule has 3 rings (SSSR count). The summed E-state index contributed by atoms with van der Waals surface area (Å²) in [6, 6.07) is 10.1. The first-order chi connectivity index (χ1) is 12.1. The molecule has 1 aromatic carbocycles. The van der Waals surface area contributed by atoms with Crippen molar-refractivity contribution in [2.24, 2.45) is 11.8 Å². The standard InChI is InChI=1S/C20H24N2O3/c1-14(11-12-15-7-3-2-4-8-15)21-18(23)13-22-19(24)16-9-5-6-10-17(16)20(22)25/h2-8,14,16-17H,9-13H2,1H3,(H,21,23)/t14-,16-,17+/m0/s1. The van der Waals surface area contributed by atoms with Gasteiger partial charge in [0.25, 0.3) is 0 Å². The van der Waals surface area contributed by atoms with Gasteiger partial charge in [-0.1, -0.05) is 42.5 Å². The molecule has 5 nitrogen and oxygen atoms in total. The van der Waals surface area contributed by atoms with Gasteiger partial charge in [0.05, 0.1) is 11.8 Å². The molecule has 1 aromatic rings. The van der Waals surface area contributed by atoms with E-state index >= 15 is 0 Å². The number of nitrogens with zero attached hydrogens (tertiary/aromatic N) is 1. The molecule has 0 bridgehead atoms. The number of benzene rings is 1. The Morgan fingerprint density at radius 3 is 2.32 bits per heavy atom. The number of carbonyl (C=O) groups excluding carboxylic acids is 3. The Hall–Kier alpha value is -2.43. The largest absolute Gasteiger partial charge is 0.352 e. The molecule has 1 N–H and O–H groups in total. The van der Waals surface area contributed by atoms with Crippen molar-refractivity contribution in [3.05, 3.63) is 48.0 Å². The van der Waals surface area contributed by atoms with E-state index in [9.17, 15) is 14.4 Å². The van der Waals surface area contributed by atoms with Crippen LogP contribution in [0.5, 0.6) is 0 Å². The van der Waals surface area contributed by atoms with E-state index in [1.54, 1.807) is 0 Å². The van der Waals surface area contributed by atoms with Gasteiger partial charge in [0, 0.05) is 6.04 Å². The zero-order chi connectivity index (χ0) is 17.8. The number of rotatable bonds is 6. The number of hydrogen-bond acceptors (Lipinski definition) is 3. The molecule has 132 valence electrons. The first kappa shape index (κ1) is 17.4. The monoisotopic (exact) mass is 340 g/mol. The minimum absolute atomic E-state index is 0.00976. The maximum atomic E-state index is 12.4. The highest BCUT2D eigenvalue weighted by Crippen LogP contribution is 2.34. The molecule has 1 heterocycles. The van der Waals surface area contributed by atoms with Crippen molar-refractivity contribution < 1.29 is 14.4 Å². The number of nitrogens with one attached hydrogen (secondary N) is 1. The molecule has 0 aromatic heterocycles. The van der Waals surface area contributed by atoms with Crippen LogP contribution in [-0.2, 0) is 20.8 Å². The molecule has 2 aliphatic rings. The Kier molecular flexibility index (Phi) is 5.31. The molecule has 3 atom stereocenters. The van der Waals surface area contributed by atoms with Crippen LogP contribution in [-0.4, -0.2) is 35.2 Å². The van der Waals surface area contributed by atoms with Crippen LogP contribution < -0.4 is 5.32 Å². The van der Waals surface area contributed by atoms with Gasteiger partial charge in [-0.15, -0.1) is 0 Å². The van der Waals surface area contributed by atoms with E-state index in [-0.39, 0.29) is 42.1 Å². The van der Waals surface area contributed by atoms with Crippen molar-refractivity contribution in [2.75, 3.05) is 6.54 Å².